The lowest BCUT2D eigenvalue weighted by atomic mass is 9.42. The smallest absolute Gasteiger partial charge is 0.305 e. The Balaban J connectivity index is 0.000000700. The molecule has 4 aliphatic rings. The van der Waals surface area contributed by atoms with E-state index in [9.17, 15) is 9.59 Å². The van der Waals surface area contributed by atoms with Crippen LogP contribution in [0.2, 0.25) is 0 Å². The molecule has 0 amide bonds. The highest BCUT2D eigenvalue weighted by atomic mass is 16.5. The highest BCUT2D eigenvalue weighted by Gasteiger charge is 2.63. The van der Waals surface area contributed by atoms with Gasteiger partial charge in [-0.1, -0.05) is 101 Å². The van der Waals surface area contributed by atoms with Crippen LogP contribution in [0.4, 0.5) is 0 Å². The van der Waals surface area contributed by atoms with E-state index in [-0.39, 0.29) is 5.97 Å². The van der Waals surface area contributed by atoms with Gasteiger partial charge >= 0.3 is 5.97 Å². The summed E-state index contributed by atoms with van der Waals surface area (Å²) in [6.07, 6.45) is 19.5. The average Bonchev–Trinajstić information content (AvgIpc) is 3.31. The van der Waals surface area contributed by atoms with E-state index in [0.29, 0.717) is 65.1 Å². The minimum absolute atomic E-state index is 0.0505. The van der Waals surface area contributed by atoms with Crippen molar-refractivity contribution in [3.8, 4) is 0 Å². The highest BCUT2D eigenvalue weighted by Crippen LogP contribution is 2.68. The van der Waals surface area contributed by atoms with E-state index in [2.05, 4.69) is 34.6 Å². The topological polar surface area (TPSA) is 43.4 Å². The second-order valence-corrected chi connectivity index (χ2v) is 13.2. The van der Waals surface area contributed by atoms with Crippen LogP contribution in [0.5, 0.6) is 0 Å². The molecule has 0 spiro atoms. The summed E-state index contributed by atoms with van der Waals surface area (Å²) in [7, 11) is 0. The van der Waals surface area contributed by atoms with Gasteiger partial charge < -0.3 is 4.74 Å². The molecular weight excluding hydrogens is 492 g/mol. The van der Waals surface area contributed by atoms with E-state index in [1.807, 2.05) is 34.6 Å². The Bertz CT molecular complexity index is 712. The summed E-state index contributed by atoms with van der Waals surface area (Å²) in [6.45, 7) is 22.1. The fraction of sp³-hybridized carbons (Fsp3) is 0.946. The standard InChI is InChI=1S/C27H44O3.C6H14.2C2H6/c1-5-19-20-11-7-8-16-27(20,4)22-15-17-26(3)18(10-9-12-23(28)30-6-2)13-14-21(26)24(22)25(19)29;1-3-5-6-4-2;2*1-2/h18-22,24H,5-17H2,1-4H3;3-6H2,1-2H3;2*1-2H3/t18?,19-,20?,21?,22+,24?,26?,27?;;;/m1.../s1. The Morgan fingerprint density at radius 2 is 1.40 bits per heavy atom. The molecule has 0 radical (unpaired) electrons. The van der Waals surface area contributed by atoms with Gasteiger partial charge in [0.05, 0.1) is 6.61 Å². The van der Waals surface area contributed by atoms with Crippen molar-refractivity contribution in [1.29, 1.82) is 0 Å². The molecule has 236 valence electrons. The van der Waals surface area contributed by atoms with E-state index < -0.39 is 0 Å². The molecule has 3 heteroatoms. The van der Waals surface area contributed by atoms with Crippen LogP contribution in [0, 0.1) is 46.3 Å². The molecule has 0 aromatic rings. The summed E-state index contributed by atoms with van der Waals surface area (Å²) < 4.78 is 5.13. The lowest BCUT2D eigenvalue weighted by molar-refractivity contribution is -0.167. The first-order valence-corrected chi connectivity index (χ1v) is 18.0. The molecule has 0 saturated heterocycles. The molecule has 0 aromatic heterocycles. The molecule has 4 rings (SSSR count). The highest BCUT2D eigenvalue weighted by molar-refractivity contribution is 5.86. The van der Waals surface area contributed by atoms with Gasteiger partial charge in [0.15, 0.2) is 0 Å². The summed E-state index contributed by atoms with van der Waals surface area (Å²) >= 11 is 0. The molecule has 6 unspecified atom stereocenters. The zero-order valence-electron chi connectivity index (χ0n) is 28.7. The van der Waals surface area contributed by atoms with Crippen molar-refractivity contribution < 1.29 is 14.3 Å². The van der Waals surface area contributed by atoms with E-state index >= 15 is 0 Å². The molecule has 0 heterocycles. The van der Waals surface area contributed by atoms with Crippen LogP contribution in [-0.2, 0) is 14.3 Å². The van der Waals surface area contributed by atoms with Gasteiger partial charge in [0, 0.05) is 18.3 Å². The second-order valence-electron chi connectivity index (χ2n) is 13.2. The minimum atomic E-state index is -0.0505. The van der Waals surface area contributed by atoms with Crippen LogP contribution in [-0.4, -0.2) is 18.4 Å². The summed E-state index contributed by atoms with van der Waals surface area (Å²) in [5.41, 5.74) is 0.683. The van der Waals surface area contributed by atoms with Crippen LogP contribution < -0.4 is 0 Å². The maximum Gasteiger partial charge on any atom is 0.305 e. The SMILES string of the molecule is CC.CC.CCCCCC.CCOC(=O)CCCC1CCC2C3C(=O)[C@H](CC)C4CCCCC4(C)[C@H]3CCC12C. The Morgan fingerprint density at radius 1 is 0.775 bits per heavy atom. The molecule has 0 N–H and O–H groups in total. The first kappa shape index (κ1) is 37.2. The van der Waals surface area contributed by atoms with Gasteiger partial charge in [-0.2, -0.15) is 0 Å². The lowest BCUT2D eigenvalue weighted by Crippen LogP contribution is -2.59. The van der Waals surface area contributed by atoms with Crippen molar-refractivity contribution in [2.75, 3.05) is 6.61 Å². The number of hydrogen-bond donors (Lipinski definition) is 0. The maximum absolute atomic E-state index is 13.9. The molecule has 8 atom stereocenters. The molecule has 3 nitrogen and oxygen atoms in total. The van der Waals surface area contributed by atoms with Crippen molar-refractivity contribution >= 4 is 11.8 Å². The number of ether oxygens (including phenoxy) is 1. The van der Waals surface area contributed by atoms with Crippen molar-refractivity contribution in [1.82, 2.24) is 0 Å². The van der Waals surface area contributed by atoms with Crippen molar-refractivity contribution in [3.05, 3.63) is 0 Å². The second kappa shape index (κ2) is 18.6. The molecule has 0 aliphatic heterocycles. The average molecular weight is 563 g/mol. The monoisotopic (exact) mass is 563 g/mol. The van der Waals surface area contributed by atoms with Crippen LogP contribution >= 0.6 is 0 Å². The number of carbonyl (C=O) groups excluding carboxylic acids is 2. The fourth-order valence-electron chi connectivity index (χ4n) is 9.52. The lowest BCUT2D eigenvalue weighted by Gasteiger charge is -2.61. The first-order chi connectivity index (χ1) is 19.3. The number of unbranched alkanes of at least 4 members (excludes halogenated alkanes) is 3. The summed E-state index contributed by atoms with van der Waals surface area (Å²) in [6, 6.07) is 0. The number of esters is 1. The third-order valence-corrected chi connectivity index (χ3v) is 11.5. The van der Waals surface area contributed by atoms with Gasteiger partial charge in [0.25, 0.3) is 0 Å². The molecule has 40 heavy (non-hydrogen) atoms. The van der Waals surface area contributed by atoms with Crippen molar-refractivity contribution in [2.24, 2.45) is 46.3 Å². The Labute approximate surface area is 250 Å². The van der Waals surface area contributed by atoms with Crippen LogP contribution in [0.1, 0.15) is 172 Å². The Hall–Kier alpha value is -0.860. The third-order valence-electron chi connectivity index (χ3n) is 11.5. The first-order valence-electron chi connectivity index (χ1n) is 18.0. The predicted octanol–water partition coefficient (Wildman–Crippen LogP) is 11.2. The van der Waals surface area contributed by atoms with Gasteiger partial charge in [-0.15, -0.1) is 0 Å². The van der Waals surface area contributed by atoms with Crippen LogP contribution in [0.15, 0.2) is 0 Å². The quantitative estimate of drug-likeness (QED) is 0.207. The number of hydrogen-bond acceptors (Lipinski definition) is 3. The number of fused-ring (bicyclic) bond motifs is 5. The van der Waals surface area contributed by atoms with Gasteiger partial charge in [0.2, 0.25) is 0 Å². The molecule has 0 aromatic carbocycles. The minimum Gasteiger partial charge on any atom is -0.466 e. The van der Waals surface area contributed by atoms with Crippen LogP contribution in [0.25, 0.3) is 0 Å². The van der Waals surface area contributed by atoms with Crippen molar-refractivity contribution in [3.63, 3.8) is 0 Å². The van der Waals surface area contributed by atoms with Gasteiger partial charge in [0.1, 0.15) is 5.78 Å². The van der Waals surface area contributed by atoms with Crippen molar-refractivity contribution in [2.45, 2.75) is 172 Å². The largest absolute Gasteiger partial charge is 0.466 e. The predicted molar refractivity (Wildman–Crippen MR) is 172 cm³/mol. The summed E-state index contributed by atoms with van der Waals surface area (Å²) in [5, 5.41) is 0. The molecular formula is C37H70O3. The van der Waals surface area contributed by atoms with E-state index in [4.69, 9.17) is 4.74 Å². The molecule has 4 aliphatic carbocycles. The van der Waals surface area contributed by atoms with E-state index in [1.54, 1.807) is 0 Å². The molecule has 4 fully saturated rings. The van der Waals surface area contributed by atoms with Gasteiger partial charge in [-0.3, -0.25) is 9.59 Å². The molecule has 0 bridgehead atoms. The van der Waals surface area contributed by atoms with E-state index in [0.717, 1.165) is 19.3 Å². The number of carbonyl (C=O) groups is 2. The fourth-order valence-corrected chi connectivity index (χ4v) is 9.52. The van der Waals surface area contributed by atoms with Gasteiger partial charge in [-0.25, -0.2) is 0 Å². The summed E-state index contributed by atoms with van der Waals surface area (Å²) in [4.78, 5) is 25.7. The number of Topliss-reactive ketones (excluding diaryl/α,β-unsaturated/α-hetero) is 1. The molecule has 4 saturated carbocycles. The van der Waals surface area contributed by atoms with E-state index in [1.165, 1.54) is 77.0 Å². The third kappa shape index (κ3) is 8.37. The zero-order valence-corrected chi connectivity index (χ0v) is 28.7. The summed E-state index contributed by atoms with van der Waals surface area (Å²) in [5.74, 6) is 3.71. The maximum atomic E-state index is 13.9. The number of ketones is 1. The zero-order chi connectivity index (χ0) is 30.3. The normalized spacial score (nSPS) is 35.7. The number of rotatable bonds is 9. The Kier molecular flexibility index (Phi) is 17.3. The van der Waals surface area contributed by atoms with Crippen LogP contribution in [0.3, 0.4) is 0 Å². The van der Waals surface area contributed by atoms with Gasteiger partial charge in [-0.05, 0) is 99.2 Å². The Morgan fingerprint density at radius 3 is 1.98 bits per heavy atom.